The van der Waals surface area contributed by atoms with E-state index in [-0.39, 0.29) is 18.3 Å². The second kappa shape index (κ2) is 9.63. The van der Waals surface area contributed by atoms with Gasteiger partial charge in [0.1, 0.15) is 5.82 Å². The third-order valence-electron chi connectivity index (χ3n) is 4.16. The van der Waals surface area contributed by atoms with Gasteiger partial charge in [-0.15, -0.1) is 0 Å². The van der Waals surface area contributed by atoms with Crippen molar-refractivity contribution in [2.24, 2.45) is 0 Å². The largest absolute Gasteiger partial charge is 0.465 e. The Morgan fingerprint density at radius 1 is 1.22 bits per heavy atom. The van der Waals surface area contributed by atoms with Gasteiger partial charge in [0.05, 0.1) is 13.2 Å². The Balaban J connectivity index is 1.89. The monoisotopic (exact) mass is 322 g/mol. The van der Waals surface area contributed by atoms with Gasteiger partial charge >= 0.3 is 5.97 Å². The second-order valence-electron chi connectivity index (χ2n) is 6.04. The van der Waals surface area contributed by atoms with Crippen LogP contribution in [0.15, 0.2) is 24.3 Å². The minimum absolute atomic E-state index is 0.201. The molecule has 0 atom stereocenters. The zero-order chi connectivity index (χ0) is 16.5. The standard InChI is InChI=1S/C18H27FN2O2/c1-2-23-18(22)15-21(13-12-20-10-4-3-5-11-20)14-16-6-8-17(19)9-7-16/h6-9H,2-5,10-15H2,1H3. The Morgan fingerprint density at radius 3 is 2.57 bits per heavy atom. The number of rotatable bonds is 8. The van der Waals surface area contributed by atoms with Crippen LogP contribution in [-0.2, 0) is 16.1 Å². The third-order valence-corrected chi connectivity index (χ3v) is 4.16. The first-order valence-corrected chi connectivity index (χ1v) is 8.52. The van der Waals surface area contributed by atoms with Crippen LogP contribution in [0, 0.1) is 5.82 Å². The average molecular weight is 322 g/mol. The van der Waals surface area contributed by atoms with E-state index < -0.39 is 0 Å². The zero-order valence-electron chi connectivity index (χ0n) is 14.0. The highest BCUT2D eigenvalue weighted by atomic mass is 19.1. The number of carbonyl (C=O) groups excluding carboxylic acids is 1. The van der Waals surface area contributed by atoms with Crippen LogP contribution in [0.5, 0.6) is 0 Å². The first kappa shape index (κ1) is 17.9. The lowest BCUT2D eigenvalue weighted by Crippen LogP contribution is -2.39. The molecule has 4 nitrogen and oxygen atoms in total. The van der Waals surface area contributed by atoms with Crippen molar-refractivity contribution in [2.45, 2.75) is 32.7 Å². The van der Waals surface area contributed by atoms with Crippen LogP contribution in [-0.4, -0.2) is 55.1 Å². The molecule has 0 aliphatic carbocycles. The Hall–Kier alpha value is -1.46. The van der Waals surface area contributed by atoms with E-state index in [2.05, 4.69) is 9.80 Å². The summed E-state index contributed by atoms with van der Waals surface area (Å²) < 4.78 is 18.1. The summed E-state index contributed by atoms with van der Waals surface area (Å²) in [6.45, 7) is 7.18. The lowest BCUT2D eigenvalue weighted by Gasteiger charge is -2.29. The highest BCUT2D eigenvalue weighted by Gasteiger charge is 2.15. The van der Waals surface area contributed by atoms with Crippen LogP contribution in [0.2, 0.25) is 0 Å². The summed E-state index contributed by atoms with van der Waals surface area (Å²) in [7, 11) is 0. The molecule has 1 aliphatic rings. The first-order valence-electron chi connectivity index (χ1n) is 8.52. The van der Waals surface area contributed by atoms with E-state index in [4.69, 9.17) is 4.74 Å². The first-order chi connectivity index (χ1) is 11.2. The van der Waals surface area contributed by atoms with Gasteiger partial charge in [0.25, 0.3) is 0 Å². The minimum Gasteiger partial charge on any atom is -0.465 e. The lowest BCUT2D eigenvalue weighted by molar-refractivity contribution is -0.144. The van der Waals surface area contributed by atoms with Crippen LogP contribution in [0.4, 0.5) is 4.39 Å². The summed E-state index contributed by atoms with van der Waals surface area (Å²) in [5.41, 5.74) is 1.01. The molecule has 1 fully saturated rings. The smallest absolute Gasteiger partial charge is 0.320 e. The van der Waals surface area contributed by atoms with Gasteiger partial charge in [-0.25, -0.2) is 4.39 Å². The molecule has 0 saturated carbocycles. The predicted octanol–water partition coefficient (Wildman–Crippen LogP) is 2.68. The second-order valence-corrected chi connectivity index (χ2v) is 6.04. The van der Waals surface area contributed by atoms with Gasteiger partial charge in [-0.3, -0.25) is 9.69 Å². The molecule has 0 spiro atoms. The molecule has 1 aromatic rings. The van der Waals surface area contributed by atoms with Crippen molar-refractivity contribution in [1.29, 1.82) is 0 Å². The zero-order valence-corrected chi connectivity index (χ0v) is 14.0. The van der Waals surface area contributed by atoms with Gasteiger partial charge in [0, 0.05) is 19.6 Å². The topological polar surface area (TPSA) is 32.8 Å². The molecule has 0 unspecified atom stereocenters. The van der Waals surface area contributed by atoms with Crippen LogP contribution in [0.25, 0.3) is 0 Å². The Bertz CT molecular complexity index is 472. The Kier molecular flexibility index (Phi) is 7.49. The fourth-order valence-electron chi connectivity index (χ4n) is 2.92. The maximum absolute atomic E-state index is 13.0. The van der Waals surface area contributed by atoms with Crippen molar-refractivity contribution in [3.05, 3.63) is 35.6 Å². The van der Waals surface area contributed by atoms with Gasteiger partial charge < -0.3 is 9.64 Å². The van der Waals surface area contributed by atoms with Gasteiger partial charge in [-0.05, 0) is 50.6 Å². The van der Waals surface area contributed by atoms with Gasteiger partial charge in [0.15, 0.2) is 0 Å². The van der Waals surface area contributed by atoms with Crippen molar-refractivity contribution in [1.82, 2.24) is 9.80 Å². The number of ether oxygens (including phenoxy) is 1. The van der Waals surface area contributed by atoms with E-state index >= 15 is 0 Å². The van der Waals surface area contributed by atoms with Crippen molar-refractivity contribution in [3.63, 3.8) is 0 Å². The van der Waals surface area contributed by atoms with Crippen molar-refractivity contribution >= 4 is 5.97 Å². The average Bonchev–Trinajstić information content (AvgIpc) is 2.56. The highest BCUT2D eigenvalue weighted by Crippen LogP contribution is 2.10. The van der Waals surface area contributed by atoms with E-state index in [1.54, 1.807) is 12.1 Å². The third kappa shape index (κ3) is 6.67. The number of piperidine rings is 1. The number of hydrogen-bond donors (Lipinski definition) is 0. The van der Waals surface area contributed by atoms with Crippen LogP contribution < -0.4 is 0 Å². The molecular formula is C18H27FN2O2. The lowest BCUT2D eigenvalue weighted by atomic mass is 10.1. The fraction of sp³-hybridized carbons (Fsp3) is 0.611. The normalized spacial score (nSPS) is 15.8. The molecule has 5 heteroatoms. The quantitative estimate of drug-likeness (QED) is 0.689. The fourth-order valence-corrected chi connectivity index (χ4v) is 2.92. The summed E-state index contributed by atoms with van der Waals surface area (Å²) in [6.07, 6.45) is 3.84. The SMILES string of the molecule is CCOC(=O)CN(CCN1CCCCC1)Cc1ccc(F)cc1. The summed E-state index contributed by atoms with van der Waals surface area (Å²) >= 11 is 0. The summed E-state index contributed by atoms with van der Waals surface area (Å²) in [5.74, 6) is -0.438. The molecule has 1 heterocycles. The summed E-state index contributed by atoms with van der Waals surface area (Å²) in [6, 6.07) is 6.47. The number of benzene rings is 1. The summed E-state index contributed by atoms with van der Waals surface area (Å²) in [4.78, 5) is 16.3. The number of carbonyl (C=O) groups is 1. The molecule has 2 rings (SSSR count). The van der Waals surface area contributed by atoms with E-state index in [1.807, 2.05) is 6.92 Å². The van der Waals surface area contributed by atoms with E-state index in [9.17, 15) is 9.18 Å². The number of nitrogens with zero attached hydrogens (tertiary/aromatic N) is 2. The molecule has 23 heavy (non-hydrogen) atoms. The molecule has 1 aromatic carbocycles. The molecule has 0 bridgehead atoms. The van der Waals surface area contributed by atoms with Crippen LogP contribution in [0.1, 0.15) is 31.7 Å². The molecule has 128 valence electrons. The molecular weight excluding hydrogens is 295 g/mol. The number of hydrogen-bond acceptors (Lipinski definition) is 4. The maximum Gasteiger partial charge on any atom is 0.320 e. The molecule has 1 aliphatic heterocycles. The van der Waals surface area contributed by atoms with Gasteiger partial charge in [-0.2, -0.15) is 0 Å². The van der Waals surface area contributed by atoms with Crippen molar-refractivity contribution in [2.75, 3.05) is 39.3 Å². The van der Waals surface area contributed by atoms with E-state index in [1.165, 1.54) is 31.4 Å². The summed E-state index contributed by atoms with van der Waals surface area (Å²) in [5, 5.41) is 0. The van der Waals surface area contributed by atoms with Crippen LogP contribution in [0.3, 0.4) is 0 Å². The molecule has 1 saturated heterocycles. The molecule has 0 N–H and O–H groups in total. The van der Waals surface area contributed by atoms with Crippen molar-refractivity contribution in [3.8, 4) is 0 Å². The molecule has 0 radical (unpaired) electrons. The number of esters is 1. The van der Waals surface area contributed by atoms with E-state index in [0.717, 1.165) is 31.7 Å². The van der Waals surface area contributed by atoms with E-state index in [0.29, 0.717) is 13.2 Å². The number of halogens is 1. The van der Waals surface area contributed by atoms with Gasteiger partial charge in [0.2, 0.25) is 0 Å². The molecule has 0 aromatic heterocycles. The number of likely N-dealkylation sites (tertiary alicyclic amines) is 1. The minimum atomic E-state index is -0.237. The predicted molar refractivity (Wildman–Crippen MR) is 88.6 cm³/mol. The van der Waals surface area contributed by atoms with Gasteiger partial charge in [-0.1, -0.05) is 18.6 Å². The maximum atomic E-state index is 13.0. The van der Waals surface area contributed by atoms with Crippen LogP contribution >= 0.6 is 0 Å². The Labute approximate surface area is 138 Å². The van der Waals surface area contributed by atoms with Crippen molar-refractivity contribution < 1.29 is 13.9 Å². The molecule has 0 amide bonds. The highest BCUT2D eigenvalue weighted by molar-refractivity contribution is 5.71. The Morgan fingerprint density at radius 2 is 1.91 bits per heavy atom.